The van der Waals surface area contributed by atoms with Gasteiger partial charge in [0.05, 0.1) is 12.2 Å². The number of rotatable bonds is 8. The minimum Gasteiger partial charge on any atom is -0.462 e. The molecule has 26 heavy (non-hydrogen) atoms. The van der Waals surface area contributed by atoms with Crippen LogP contribution in [0.25, 0.3) is 0 Å². The van der Waals surface area contributed by atoms with E-state index in [9.17, 15) is 9.59 Å². The van der Waals surface area contributed by atoms with E-state index in [0.29, 0.717) is 30.7 Å². The van der Waals surface area contributed by atoms with Crippen LogP contribution in [0.1, 0.15) is 53.2 Å². The van der Waals surface area contributed by atoms with Crippen LogP contribution in [0.2, 0.25) is 0 Å². The standard InChI is InChI=1S/C22H27NO3/c1-4-5-14-26-22(25)19-9-11-20(12-10-19)23-21(24)13-8-18-7-6-16(2)17(3)15-18/h6-7,9-12,15H,4-5,8,13-14H2,1-3H3,(H,23,24). The maximum absolute atomic E-state index is 12.1. The van der Waals surface area contributed by atoms with Crippen LogP contribution in [0.3, 0.4) is 0 Å². The Labute approximate surface area is 155 Å². The number of aryl methyl sites for hydroxylation is 3. The second kappa shape index (κ2) is 9.76. The lowest BCUT2D eigenvalue weighted by atomic mass is 10.0. The van der Waals surface area contributed by atoms with Crippen molar-refractivity contribution in [1.29, 1.82) is 0 Å². The minimum atomic E-state index is -0.328. The van der Waals surface area contributed by atoms with Gasteiger partial charge in [-0.3, -0.25) is 4.79 Å². The summed E-state index contributed by atoms with van der Waals surface area (Å²) < 4.78 is 5.17. The summed E-state index contributed by atoms with van der Waals surface area (Å²) in [6.07, 6.45) is 2.97. The van der Waals surface area contributed by atoms with Crippen LogP contribution in [-0.2, 0) is 16.0 Å². The normalized spacial score (nSPS) is 10.4. The summed E-state index contributed by atoms with van der Waals surface area (Å²) in [5, 5.41) is 2.87. The number of carbonyl (C=O) groups is 2. The summed E-state index contributed by atoms with van der Waals surface area (Å²) in [6.45, 7) is 6.64. The van der Waals surface area contributed by atoms with Crippen molar-refractivity contribution in [3.05, 3.63) is 64.7 Å². The Morgan fingerprint density at radius 1 is 1.00 bits per heavy atom. The lowest BCUT2D eigenvalue weighted by Crippen LogP contribution is -2.13. The Kier molecular flexibility index (Phi) is 7.39. The van der Waals surface area contributed by atoms with E-state index in [1.165, 1.54) is 11.1 Å². The number of benzene rings is 2. The van der Waals surface area contributed by atoms with Crippen LogP contribution >= 0.6 is 0 Å². The molecule has 0 saturated heterocycles. The van der Waals surface area contributed by atoms with Gasteiger partial charge in [0.1, 0.15) is 0 Å². The average Bonchev–Trinajstić information content (AvgIpc) is 2.63. The predicted molar refractivity (Wildman–Crippen MR) is 104 cm³/mol. The van der Waals surface area contributed by atoms with Gasteiger partial charge in [-0.1, -0.05) is 31.5 Å². The highest BCUT2D eigenvalue weighted by molar-refractivity contribution is 5.93. The molecule has 0 atom stereocenters. The average molecular weight is 353 g/mol. The summed E-state index contributed by atoms with van der Waals surface area (Å²) in [5.74, 6) is -0.368. The first kappa shape index (κ1) is 19.7. The maximum Gasteiger partial charge on any atom is 0.338 e. The topological polar surface area (TPSA) is 55.4 Å². The van der Waals surface area contributed by atoms with E-state index in [1.807, 2.05) is 6.92 Å². The van der Waals surface area contributed by atoms with E-state index in [-0.39, 0.29) is 11.9 Å². The van der Waals surface area contributed by atoms with Gasteiger partial charge in [-0.25, -0.2) is 4.79 Å². The van der Waals surface area contributed by atoms with Crippen molar-refractivity contribution >= 4 is 17.6 Å². The van der Waals surface area contributed by atoms with E-state index >= 15 is 0 Å². The summed E-state index contributed by atoms with van der Waals surface area (Å²) in [4.78, 5) is 24.0. The third-order valence-electron chi connectivity index (χ3n) is 4.35. The number of nitrogens with one attached hydrogen (secondary N) is 1. The van der Waals surface area contributed by atoms with E-state index in [2.05, 4.69) is 37.4 Å². The van der Waals surface area contributed by atoms with Crippen molar-refractivity contribution in [2.24, 2.45) is 0 Å². The monoisotopic (exact) mass is 353 g/mol. The second-order valence-electron chi connectivity index (χ2n) is 6.53. The second-order valence-corrected chi connectivity index (χ2v) is 6.53. The van der Waals surface area contributed by atoms with E-state index in [1.54, 1.807) is 24.3 Å². The van der Waals surface area contributed by atoms with Crippen LogP contribution < -0.4 is 5.32 Å². The molecule has 4 heteroatoms. The SMILES string of the molecule is CCCCOC(=O)c1ccc(NC(=O)CCc2ccc(C)c(C)c2)cc1. The lowest BCUT2D eigenvalue weighted by molar-refractivity contribution is -0.116. The summed E-state index contributed by atoms with van der Waals surface area (Å²) in [7, 11) is 0. The molecule has 0 unspecified atom stereocenters. The zero-order valence-electron chi connectivity index (χ0n) is 15.8. The number of unbranched alkanes of at least 4 members (excludes halogenated alkanes) is 1. The fraction of sp³-hybridized carbons (Fsp3) is 0.364. The molecule has 0 bridgehead atoms. The predicted octanol–water partition coefficient (Wildman–Crippen LogP) is 4.83. The molecular weight excluding hydrogens is 326 g/mol. The Hall–Kier alpha value is -2.62. The van der Waals surface area contributed by atoms with Crippen LogP contribution in [0, 0.1) is 13.8 Å². The Morgan fingerprint density at radius 2 is 1.73 bits per heavy atom. The molecule has 2 aromatic carbocycles. The molecule has 2 rings (SSSR count). The maximum atomic E-state index is 12.1. The molecular formula is C22H27NO3. The van der Waals surface area contributed by atoms with Crippen molar-refractivity contribution in [2.75, 3.05) is 11.9 Å². The Bertz CT molecular complexity index is 750. The molecule has 138 valence electrons. The van der Waals surface area contributed by atoms with Crippen molar-refractivity contribution in [3.63, 3.8) is 0 Å². The van der Waals surface area contributed by atoms with Gasteiger partial charge in [-0.05, 0) is 67.6 Å². The van der Waals surface area contributed by atoms with Gasteiger partial charge in [0, 0.05) is 12.1 Å². The molecule has 0 aliphatic carbocycles. The number of hydrogen-bond acceptors (Lipinski definition) is 3. The molecule has 1 N–H and O–H groups in total. The number of hydrogen-bond donors (Lipinski definition) is 1. The van der Waals surface area contributed by atoms with Gasteiger partial charge in [0.15, 0.2) is 0 Å². The fourth-order valence-corrected chi connectivity index (χ4v) is 2.52. The summed E-state index contributed by atoms with van der Waals surface area (Å²) in [5.41, 5.74) is 4.83. The molecule has 0 heterocycles. The molecule has 2 aromatic rings. The zero-order valence-corrected chi connectivity index (χ0v) is 15.8. The highest BCUT2D eigenvalue weighted by Gasteiger charge is 2.08. The lowest BCUT2D eigenvalue weighted by Gasteiger charge is -2.08. The third-order valence-corrected chi connectivity index (χ3v) is 4.35. The van der Waals surface area contributed by atoms with Crippen molar-refractivity contribution in [2.45, 2.75) is 46.5 Å². The van der Waals surface area contributed by atoms with Gasteiger partial charge < -0.3 is 10.1 Å². The first-order valence-electron chi connectivity index (χ1n) is 9.12. The molecule has 1 amide bonds. The molecule has 0 aromatic heterocycles. The van der Waals surface area contributed by atoms with Gasteiger partial charge >= 0.3 is 5.97 Å². The third kappa shape index (κ3) is 6.03. The zero-order chi connectivity index (χ0) is 18.9. The molecule has 0 aliphatic heterocycles. The van der Waals surface area contributed by atoms with Crippen LogP contribution in [-0.4, -0.2) is 18.5 Å². The molecule has 0 aliphatic rings. The van der Waals surface area contributed by atoms with E-state index in [4.69, 9.17) is 4.74 Å². The van der Waals surface area contributed by atoms with Crippen molar-refractivity contribution in [1.82, 2.24) is 0 Å². The van der Waals surface area contributed by atoms with E-state index in [0.717, 1.165) is 18.4 Å². The Morgan fingerprint density at radius 3 is 2.38 bits per heavy atom. The van der Waals surface area contributed by atoms with Crippen molar-refractivity contribution < 1.29 is 14.3 Å². The highest BCUT2D eigenvalue weighted by atomic mass is 16.5. The molecule has 0 radical (unpaired) electrons. The first-order chi connectivity index (χ1) is 12.5. The quantitative estimate of drug-likeness (QED) is 0.546. The highest BCUT2D eigenvalue weighted by Crippen LogP contribution is 2.14. The van der Waals surface area contributed by atoms with Crippen LogP contribution in [0.5, 0.6) is 0 Å². The molecule has 0 saturated carbocycles. The van der Waals surface area contributed by atoms with Gasteiger partial charge in [-0.15, -0.1) is 0 Å². The summed E-state index contributed by atoms with van der Waals surface area (Å²) >= 11 is 0. The smallest absolute Gasteiger partial charge is 0.338 e. The number of esters is 1. The summed E-state index contributed by atoms with van der Waals surface area (Å²) in [6, 6.07) is 13.1. The van der Waals surface area contributed by atoms with E-state index < -0.39 is 0 Å². The number of carbonyl (C=O) groups excluding carboxylic acids is 2. The minimum absolute atomic E-state index is 0.0403. The van der Waals surface area contributed by atoms with Gasteiger partial charge in [0.25, 0.3) is 0 Å². The largest absolute Gasteiger partial charge is 0.462 e. The van der Waals surface area contributed by atoms with Crippen LogP contribution in [0.15, 0.2) is 42.5 Å². The van der Waals surface area contributed by atoms with Gasteiger partial charge in [-0.2, -0.15) is 0 Å². The molecule has 4 nitrogen and oxygen atoms in total. The fourth-order valence-electron chi connectivity index (χ4n) is 2.52. The number of amides is 1. The number of ether oxygens (including phenoxy) is 1. The van der Waals surface area contributed by atoms with Gasteiger partial charge in [0.2, 0.25) is 5.91 Å². The first-order valence-corrected chi connectivity index (χ1v) is 9.12. The molecule has 0 fully saturated rings. The number of anilines is 1. The molecule has 0 spiro atoms. The van der Waals surface area contributed by atoms with Crippen molar-refractivity contribution in [3.8, 4) is 0 Å². The Balaban J connectivity index is 1.83. The van der Waals surface area contributed by atoms with Crippen LogP contribution in [0.4, 0.5) is 5.69 Å².